The van der Waals surface area contributed by atoms with Gasteiger partial charge in [0, 0.05) is 25.6 Å². The van der Waals surface area contributed by atoms with Crippen LogP contribution in [0.25, 0.3) is 0 Å². The zero-order valence-electron chi connectivity index (χ0n) is 17.5. The summed E-state index contributed by atoms with van der Waals surface area (Å²) in [5.74, 6) is -0.856. The summed E-state index contributed by atoms with van der Waals surface area (Å²) in [6.07, 6.45) is -0.357. The monoisotopic (exact) mass is 531 g/mol. The van der Waals surface area contributed by atoms with Crippen LogP contribution in [0.4, 0.5) is 5.69 Å². The molecule has 0 bridgehead atoms. The minimum Gasteiger partial charge on any atom is -0.375 e. The summed E-state index contributed by atoms with van der Waals surface area (Å²) in [6, 6.07) is 15.8. The first-order chi connectivity index (χ1) is 15.1. The number of anilines is 1. The van der Waals surface area contributed by atoms with Crippen LogP contribution in [0.1, 0.15) is 39.0 Å². The van der Waals surface area contributed by atoms with Crippen LogP contribution in [0.3, 0.4) is 0 Å². The second-order valence-corrected chi connectivity index (χ2v) is 9.83. The first-order valence-electron chi connectivity index (χ1n) is 9.99. The van der Waals surface area contributed by atoms with Gasteiger partial charge in [-0.15, -0.1) is 0 Å². The van der Waals surface area contributed by atoms with E-state index < -0.39 is 11.5 Å². The Bertz CT molecular complexity index is 1260. The van der Waals surface area contributed by atoms with Gasteiger partial charge in [0.05, 0.1) is 18.7 Å². The Morgan fingerprint density at radius 2 is 1.81 bits per heavy atom. The van der Waals surface area contributed by atoms with Crippen molar-refractivity contribution in [1.29, 1.82) is 0 Å². The number of rotatable bonds is 5. The van der Waals surface area contributed by atoms with E-state index in [1.54, 1.807) is 42.5 Å². The molecule has 1 heterocycles. The topological polar surface area (TPSA) is 57.6 Å². The fraction of sp³-hybridized carbons (Fsp3) is 0.200. The maximum Gasteiger partial charge on any atom is 0.264 e. The molecule has 1 unspecified atom stereocenters. The van der Waals surface area contributed by atoms with Gasteiger partial charge in [0.15, 0.2) is 11.4 Å². The number of amides is 1. The number of nitrogens with zero attached hydrogens (tertiary/aromatic N) is 1. The van der Waals surface area contributed by atoms with Gasteiger partial charge in [-0.2, -0.15) is 0 Å². The Morgan fingerprint density at radius 3 is 2.50 bits per heavy atom. The number of halogens is 3. The third kappa shape index (κ3) is 4.11. The number of ketones is 1. The summed E-state index contributed by atoms with van der Waals surface area (Å²) in [6.45, 7) is 3.94. The fourth-order valence-corrected chi connectivity index (χ4v) is 4.95. The predicted octanol–water partition coefficient (Wildman–Crippen LogP) is 6.38. The van der Waals surface area contributed by atoms with Crippen molar-refractivity contribution in [3.8, 4) is 0 Å². The highest BCUT2D eigenvalue weighted by molar-refractivity contribution is 9.10. The van der Waals surface area contributed by atoms with Gasteiger partial charge in [0.1, 0.15) is 0 Å². The van der Waals surface area contributed by atoms with Crippen LogP contribution in [-0.2, 0) is 16.9 Å². The summed E-state index contributed by atoms with van der Waals surface area (Å²) < 4.78 is 0.702. The molecule has 0 saturated carbocycles. The van der Waals surface area contributed by atoms with Crippen LogP contribution in [0.15, 0.2) is 59.1 Å². The summed E-state index contributed by atoms with van der Waals surface area (Å²) in [7, 11) is 0. The molecule has 0 spiro atoms. The number of carbonyl (C=O) groups is 2. The number of Topliss-reactive ketones (excluding diaryl/α,β-unsaturated/α-hetero) is 1. The molecule has 7 heteroatoms. The quantitative estimate of drug-likeness (QED) is 0.388. The van der Waals surface area contributed by atoms with Crippen LogP contribution in [0.2, 0.25) is 10.0 Å². The molecular formula is C25H20BrCl2NO3. The van der Waals surface area contributed by atoms with Gasteiger partial charge in [-0.3, -0.25) is 9.59 Å². The number of hydrogen-bond acceptors (Lipinski definition) is 3. The average molecular weight is 533 g/mol. The van der Waals surface area contributed by atoms with Crippen molar-refractivity contribution < 1.29 is 14.7 Å². The van der Waals surface area contributed by atoms with Gasteiger partial charge >= 0.3 is 0 Å². The van der Waals surface area contributed by atoms with Gasteiger partial charge in [0.25, 0.3) is 5.91 Å². The normalized spacial score (nSPS) is 17.6. The van der Waals surface area contributed by atoms with Gasteiger partial charge in [-0.1, -0.05) is 69.0 Å². The number of aryl methyl sites for hydroxylation is 2. The van der Waals surface area contributed by atoms with Crippen molar-refractivity contribution in [2.24, 2.45) is 0 Å². The molecule has 0 radical (unpaired) electrons. The number of fused-ring (bicyclic) bond motifs is 1. The first kappa shape index (κ1) is 23.0. The van der Waals surface area contributed by atoms with Crippen LogP contribution in [0, 0.1) is 13.8 Å². The first-order valence-corrected chi connectivity index (χ1v) is 11.5. The Balaban J connectivity index is 1.73. The summed E-state index contributed by atoms with van der Waals surface area (Å²) in [5.41, 5.74) is 1.97. The molecule has 164 valence electrons. The second kappa shape index (κ2) is 8.64. The molecule has 0 aromatic heterocycles. The number of hydrogen-bond donors (Lipinski definition) is 1. The molecule has 0 fully saturated rings. The van der Waals surface area contributed by atoms with E-state index in [2.05, 4.69) is 15.9 Å². The van der Waals surface area contributed by atoms with Crippen LogP contribution in [-0.4, -0.2) is 16.8 Å². The van der Waals surface area contributed by atoms with Gasteiger partial charge in [-0.05, 0) is 55.3 Å². The van der Waals surface area contributed by atoms with Crippen LogP contribution < -0.4 is 4.90 Å². The number of benzene rings is 3. The molecule has 4 rings (SSSR count). The Kier molecular flexibility index (Phi) is 6.21. The van der Waals surface area contributed by atoms with Crippen LogP contribution >= 0.6 is 39.1 Å². The summed E-state index contributed by atoms with van der Waals surface area (Å²) in [4.78, 5) is 28.1. The van der Waals surface area contributed by atoms with Gasteiger partial charge < -0.3 is 10.0 Å². The molecule has 1 N–H and O–H groups in total. The Hall–Kier alpha value is -2.18. The lowest BCUT2D eigenvalue weighted by Gasteiger charge is -2.23. The molecular weight excluding hydrogens is 513 g/mol. The highest BCUT2D eigenvalue weighted by atomic mass is 79.9. The maximum absolute atomic E-state index is 13.5. The zero-order valence-corrected chi connectivity index (χ0v) is 20.6. The standard InChI is InChI=1S/C25H20BrCl2NO3/c1-14-3-7-19(15(2)9-14)23(30)12-25(32)20-10-17(26)5-8-22(20)29(24(25)31)13-16-4-6-18(27)11-21(16)28/h3-11,32H,12-13H2,1-2H3. The molecule has 1 atom stereocenters. The lowest BCUT2D eigenvalue weighted by atomic mass is 9.87. The molecule has 0 aliphatic carbocycles. The highest BCUT2D eigenvalue weighted by Gasteiger charge is 2.51. The van der Waals surface area contributed by atoms with Crippen molar-refractivity contribution in [2.75, 3.05) is 4.90 Å². The van der Waals surface area contributed by atoms with Crippen molar-refractivity contribution in [3.05, 3.63) is 96.9 Å². The number of aliphatic hydroxyl groups is 1. The Labute approximate surface area is 204 Å². The largest absolute Gasteiger partial charge is 0.375 e. The zero-order chi connectivity index (χ0) is 23.2. The summed E-state index contributed by atoms with van der Waals surface area (Å²) in [5, 5.41) is 12.5. The minimum atomic E-state index is -1.98. The van der Waals surface area contributed by atoms with E-state index in [1.165, 1.54) is 4.90 Å². The van der Waals surface area contributed by atoms with E-state index in [-0.39, 0.29) is 18.7 Å². The average Bonchev–Trinajstić information content (AvgIpc) is 2.91. The van der Waals surface area contributed by atoms with Crippen molar-refractivity contribution in [3.63, 3.8) is 0 Å². The molecule has 3 aromatic carbocycles. The van der Waals surface area contributed by atoms with Crippen molar-refractivity contribution in [2.45, 2.75) is 32.4 Å². The lowest BCUT2D eigenvalue weighted by molar-refractivity contribution is -0.136. The highest BCUT2D eigenvalue weighted by Crippen LogP contribution is 2.45. The Morgan fingerprint density at radius 1 is 1.06 bits per heavy atom. The van der Waals surface area contributed by atoms with Crippen LogP contribution in [0.5, 0.6) is 0 Å². The lowest BCUT2D eigenvalue weighted by Crippen LogP contribution is -2.41. The SMILES string of the molecule is Cc1ccc(C(=O)CC2(O)C(=O)N(Cc3ccc(Cl)cc3Cl)c3ccc(Br)cc32)c(C)c1. The molecule has 1 amide bonds. The second-order valence-electron chi connectivity index (χ2n) is 8.07. The van der Waals surface area contributed by atoms with E-state index >= 15 is 0 Å². The van der Waals surface area contributed by atoms with E-state index in [9.17, 15) is 14.7 Å². The smallest absolute Gasteiger partial charge is 0.264 e. The third-order valence-electron chi connectivity index (χ3n) is 5.74. The molecule has 1 aliphatic rings. The molecule has 1 aliphatic heterocycles. The van der Waals surface area contributed by atoms with E-state index in [4.69, 9.17) is 23.2 Å². The molecule has 32 heavy (non-hydrogen) atoms. The van der Waals surface area contributed by atoms with Gasteiger partial charge in [-0.25, -0.2) is 0 Å². The third-order valence-corrected chi connectivity index (χ3v) is 6.82. The minimum absolute atomic E-state index is 0.142. The molecule has 3 aromatic rings. The number of carbonyl (C=O) groups excluding carboxylic acids is 2. The van der Waals surface area contributed by atoms with E-state index in [0.29, 0.717) is 36.9 Å². The maximum atomic E-state index is 13.5. The van der Waals surface area contributed by atoms with E-state index in [1.807, 2.05) is 26.0 Å². The molecule has 0 saturated heterocycles. The summed E-state index contributed by atoms with van der Waals surface area (Å²) >= 11 is 15.7. The fourth-order valence-electron chi connectivity index (χ4n) is 4.12. The molecule has 4 nitrogen and oxygen atoms in total. The van der Waals surface area contributed by atoms with Crippen molar-refractivity contribution in [1.82, 2.24) is 0 Å². The van der Waals surface area contributed by atoms with Gasteiger partial charge in [0.2, 0.25) is 0 Å². The van der Waals surface area contributed by atoms with E-state index in [0.717, 1.165) is 11.1 Å². The van der Waals surface area contributed by atoms with Crippen molar-refractivity contribution >= 4 is 56.5 Å². The predicted molar refractivity (Wildman–Crippen MR) is 131 cm³/mol.